The van der Waals surface area contributed by atoms with Gasteiger partial charge in [-0.05, 0) is 6.92 Å². The molecular weight excluding hydrogens is 178 g/mol. The Hall–Kier alpha value is -0.940. The number of thiazole rings is 1. The molecule has 0 saturated heterocycles. The average molecular weight is 187 g/mol. The summed E-state index contributed by atoms with van der Waals surface area (Å²) in [7, 11) is 1.56. The van der Waals surface area contributed by atoms with Crippen LogP contribution in [0.4, 0.5) is 0 Å². The Morgan fingerprint density at radius 3 is 2.92 bits per heavy atom. The molecule has 0 aliphatic heterocycles. The quantitative estimate of drug-likeness (QED) is 0.779. The highest BCUT2D eigenvalue weighted by Crippen LogP contribution is 2.19. The number of nitrogens with zero attached hydrogens (tertiary/aromatic N) is 1. The number of methoxy groups -OCH3 is 1. The summed E-state index contributed by atoms with van der Waals surface area (Å²) < 4.78 is 4.98. The Morgan fingerprint density at radius 1 is 1.83 bits per heavy atom. The van der Waals surface area contributed by atoms with Gasteiger partial charge in [0.2, 0.25) is 0 Å². The molecule has 0 radical (unpaired) electrons. The van der Waals surface area contributed by atoms with Gasteiger partial charge in [0.1, 0.15) is 11.1 Å². The molecular formula is C7H9NO3S. The van der Waals surface area contributed by atoms with Crippen LogP contribution in [-0.2, 0) is 4.74 Å². The lowest BCUT2D eigenvalue weighted by molar-refractivity contribution is 0.0690. The van der Waals surface area contributed by atoms with Crippen molar-refractivity contribution in [3.05, 3.63) is 16.1 Å². The first kappa shape index (κ1) is 9.15. The monoisotopic (exact) mass is 187 g/mol. The number of carbonyl (C=O) groups is 1. The fourth-order valence-electron chi connectivity index (χ4n) is 0.673. The van der Waals surface area contributed by atoms with Crippen LogP contribution in [0.5, 0.6) is 0 Å². The predicted molar refractivity (Wildman–Crippen MR) is 44.5 cm³/mol. The standard InChI is InChI=1S/C7H9NO3S/c1-4(11-2)6-8-5(3-12-6)7(9)10/h3-4H,1-2H3,(H,9,10)/t4-/m1/s1. The summed E-state index contributed by atoms with van der Waals surface area (Å²) in [5, 5.41) is 10.8. The lowest BCUT2D eigenvalue weighted by atomic mass is 10.4. The molecule has 66 valence electrons. The number of rotatable bonds is 3. The van der Waals surface area contributed by atoms with Crippen LogP contribution in [0.1, 0.15) is 28.5 Å². The van der Waals surface area contributed by atoms with Gasteiger partial charge in [-0.3, -0.25) is 0 Å². The van der Waals surface area contributed by atoms with Crippen molar-refractivity contribution < 1.29 is 14.6 Å². The van der Waals surface area contributed by atoms with Crippen molar-refractivity contribution in [2.45, 2.75) is 13.0 Å². The zero-order valence-corrected chi connectivity index (χ0v) is 7.59. The maximum atomic E-state index is 10.4. The second-order valence-electron chi connectivity index (χ2n) is 2.25. The molecule has 5 heteroatoms. The van der Waals surface area contributed by atoms with Crippen molar-refractivity contribution in [1.29, 1.82) is 0 Å². The molecule has 0 fully saturated rings. The Kier molecular flexibility index (Phi) is 2.78. The third kappa shape index (κ3) is 1.80. The molecule has 1 N–H and O–H groups in total. The molecule has 0 aliphatic rings. The summed E-state index contributed by atoms with van der Waals surface area (Å²) in [5.41, 5.74) is 0.0823. The van der Waals surface area contributed by atoms with Gasteiger partial charge >= 0.3 is 5.97 Å². The van der Waals surface area contributed by atoms with E-state index in [0.717, 1.165) is 0 Å². The van der Waals surface area contributed by atoms with Gasteiger partial charge in [-0.25, -0.2) is 9.78 Å². The van der Waals surface area contributed by atoms with Crippen LogP contribution in [0, 0.1) is 0 Å². The molecule has 0 spiro atoms. The third-order valence-electron chi connectivity index (χ3n) is 1.44. The number of aromatic carboxylic acids is 1. The highest BCUT2D eigenvalue weighted by Gasteiger charge is 2.12. The third-order valence-corrected chi connectivity index (χ3v) is 2.45. The second kappa shape index (κ2) is 3.64. The summed E-state index contributed by atoms with van der Waals surface area (Å²) in [6.07, 6.45) is -0.136. The molecule has 1 aromatic rings. The minimum atomic E-state index is -0.999. The van der Waals surface area contributed by atoms with Crippen molar-refractivity contribution in [3.8, 4) is 0 Å². The molecule has 1 rings (SSSR count). The number of carboxylic acids is 1. The van der Waals surface area contributed by atoms with E-state index in [0.29, 0.717) is 5.01 Å². The van der Waals surface area contributed by atoms with Crippen LogP contribution in [0.25, 0.3) is 0 Å². The maximum Gasteiger partial charge on any atom is 0.355 e. The molecule has 4 nitrogen and oxygen atoms in total. The van der Waals surface area contributed by atoms with E-state index in [2.05, 4.69) is 4.98 Å². The summed E-state index contributed by atoms with van der Waals surface area (Å²) in [6.45, 7) is 1.82. The van der Waals surface area contributed by atoms with Crippen LogP contribution in [0.3, 0.4) is 0 Å². The number of hydrogen-bond acceptors (Lipinski definition) is 4. The van der Waals surface area contributed by atoms with Crippen LogP contribution < -0.4 is 0 Å². The van der Waals surface area contributed by atoms with Crippen molar-refractivity contribution >= 4 is 17.3 Å². The van der Waals surface area contributed by atoms with Crippen LogP contribution >= 0.6 is 11.3 Å². The number of aromatic nitrogens is 1. The fraction of sp³-hybridized carbons (Fsp3) is 0.429. The van der Waals surface area contributed by atoms with Gasteiger partial charge in [0, 0.05) is 12.5 Å². The first-order chi connectivity index (χ1) is 5.65. The van der Waals surface area contributed by atoms with Crippen molar-refractivity contribution in [2.24, 2.45) is 0 Å². The van der Waals surface area contributed by atoms with Crippen LogP contribution in [0.2, 0.25) is 0 Å². The number of ether oxygens (including phenoxy) is 1. The van der Waals surface area contributed by atoms with Crippen molar-refractivity contribution in [1.82, 2.24) is 4.98 Å². The van der Waals surface area contributed by atoms with E-state index >= 15 is 0 Å². The molecule has 0 unspecified atom stereocenters. The average Bonchev–Trinajstić information content (AvgIpc) is 2.51. The van der Waals surface area contributed by atoms with Gasteiger partial charge in [-0.15, -0.1) is 11.3 Å². The van der Waals surface area contributed by atoms with E-state index < -0.39 is 5.97 Å². The van der Waals surface area contributed by atoms with Crippen molar-refractivity contribution in [3.63, 3.8) is 0 Å². The SMILES string of the molecule is CO[C@H](C)c1nc(C(=O)O)cs1. The van der Waals surface area contributed by atoms with Gasteiger partial charge in [0.15, 0.2) is 5.69 Å². The summed E-state index contributed by atoms with van der Waals surface area (Å²) in [4.78, 5) is 14.3. The van der Waals surface area contributed by atoms with E-state index in [4.69, 9.17) is 9.84 Å². The zero-order valence-electron chi connectivity index (χ0n) is 6.77. The molecule has 0 aliphatic carbocycles. The van der Waals surface area contributed by atoms with E-state index in [1.165, 1.54) is 16.7 Å². The van der Waals surface area contributed by atoms with Crippen LogP contribution in [-0.4, -0.2) is 23.2 Å². The first-order valence-electron chi connectivity index (χ1n) is 3.36. The topological polar surface area (TPSA) is 59.4 Å². The maximum absolute atomic E-state index is 10.4. The Morgan fingerprint density at radius 2 is 2.50 bits per heavy atom. The van der Waals surface area contributed by atoms with Gasteiger partial charge in [0.25, 0.3) is 0 Å². The largest absolute Gasteiger partial charge is 0.476 e. The lowest BCUT2D eigenvalue weighted by Crippen LogP contribution is -1.99. The van der Waals surface area contributed by atoms with E-state index in [1.54, 1.807) is 7.11 Å². The summed E-state index contributed by atoms with van der Waals surface area (Å²) in [5.74, 6) is -0.999. The van der Waals surface area contributed by atoms with Gasteiger partial charge < -0.3 is 9.84 Å². The van der Waals surface area contributed by atoms with Gasteiger partial charge in [-0.2, -0.15) is 0 Å². The second-order valence-corrected chi connectivity index (χ2v) is 3.14. The molecule has 0 amide bonds. The minimum absolute atomic E-state index is 0.0823. The molecule has 0 aromatic carbocycles. The highest BCUT2D eigenvalue weighted by atomic mass is 32.1. The number of hydrogen-bond donors (Lipinski definition) is 1. The van der Waals surface area contributed by atoms with E-state index in [9.17, 15) is 4.79 Å². The predicted octanol–water partition coefficient (Wildman–Crippen LogP) is 1.55. The summed E-state index contributed by atoms with van der Waals surface area (Å²) >= 11 is 1.29. The summed E-state index contributed by atoms with van der Waals surface area (Å²) in [6, 6.07) is 0. The Bertz CT molecular complexity index is 284. The molecule has 12 heavy (non-hydrogen) atoms. The van der Waals surface area contributed by atoms with Gasteiger partial charge in [-0.1, -0.05) is 0 Å². The molecule has 1 atom stereocenters. The molecule has 0 saturated carbocycles. The van der Waals surface area contributed by atoms with E-state index in [-0.39, 0.29) is 11.8 Å². The smallest absolute Gasteiger partial charge is 0.355 e. The molecule has 0 bridgehead atoms. The minimum Gasteiger partial charge on any atom is -0.476 e. The van der Waals surface area contributed by atoms with Crippen molar-refractivity contribution in [2.75, 3.05) is 7.11 Å². The first-order valence-corrected chi connectivity index (χ1v) is 4.24. The molecule has 1 heterocycles. The zero-order chi connectivity index (χ0) is 9.14. The Labute approximate surface area is 73.8 Å². The number of carboxylic acid groups (broad SMARTS) is 1. The lowest BCUT2D eigenvalue weighted by Gasteiger charge is -2.02. The van der Waals surface area contributed by atoms with Crippen LogP contribution in [0.15, 0.2) is 5.38 Å². The Balaban J connectivity index is 2.84. The highest BCUT2D eigenvalue weighted by molar-refractivity contribution is 7.09. The van der Waals surface area contributed by atoms with E-state index in [1.807, 2.05) is 6.92 Å². The normalized spacial score (nSPS) is 12.8. The fourth-order valence-corrected chi connectivity index (χ4v) is 1.50. The molecule has 1 aromatic heterocycles. The van der Waals surface area contributed by atoms with Gasteiger partial charge in [0.05, 0.1) is 0 Å².